The number of hydrogen-bond acceptors (Lipinski definition) is 6. The van der Waals surface area contributed by atoms with Crippen molar-refractivity contribution in [3.8, 4) is 23.0 Å². The van der Waals surface area contributed by atoms with E-state index in [-0.39, 0.29) is 17.8 Å². The summed E-state index contributed by atoms with van der Waals surface area (Å²) in [5, 5.41) is 10.4. The average molecular weight is 339 g/mol. The van der Waals surface area contributed by atoms with Crippen LogP contribution in [0.1, 0.15) is 15.9 Å². The Hall–Kier alpha value is -3.35. The normalized spacial score (nSPS) is 10.4. The predicted octanol–water partition coefficient (Wildman–Crippen LogP) is 3.31. The van der Waals surface area contributed by atoms with Crippen LogP contribution in [0.2, 0.25) is 0 Å². The molecule has 0 unspecified atom stereocenters. The van der Waals surface area contributed by atoms with Crippen molar-refractivity contribution in [2.75, 3.05) is 19.5 Å². The lowest BCUT2D eigenvalue weighted by Crippen LogP contribution is -2.11. The molecule has 3 rings (SSSR count). The molecule has 0 aliphatic rings. The van der Waals surface area contributed by atoms with Crippen LogP contribution in [-0.2, 0) is 0 Å². The smallest absolute Gasteiger partial charge is 0.322 e. The Labute approximate surface area is 144 Å². The molecular formula is C18H17N3O4. The molecule has 1 amide bonds. The van der Waals surface area contributed by atoms with Gasteiger partial charge in [-0.3, -0.25) is 10.1 Å². The van der Waals surface area contributed by atoms with Gasteiger partial charge in [0.15, 0.2) is 0 Å². The third-order valence-electron chi connectivity index (χ3n) is 3.56. The van der Waals surface area contributed by atoms with E-state index in [1.165, 1.54) is 0 Å². The molecule has 0 bridgehead atoms. The highest BCUT2D eigenvalue weighted by molar-refractivity contribution is 6.03. The van der Waals surface area contributed by atoms with Crippen LogP contribution >= 0.6 is 0 Å². The first kappa shape index (κ1) is 16.5. The number of carbonyl (C=O) groups excluding carboxylic acids is 1. The van der Waals surface area contributed by atoms with Crippen LogP contribution in [0, 0.1) is 6.92 Å². The van der Waals surface area contributed by atoms with E-state index >= 15 is 0 Å². The lowest BCUT2D eigenvalue weighted by Gasteiger charge is -2.05. The van der Waals surface area contributed by atoms with Crippen molar-refractivity contribution in [1.82, 2.24) is 10.2 Å². The second-order valence-electron chi connectivity index (χ2n) is 5.33. The van der Waals surface area contributed by atoms with E-state index in [0.717, 1.165) is 5.56 Å². The summed E-state index contributed by atoms with van der Waals surface area (Å²) in [4.78, 5) is 12.2. The van der Waals surface area contributed by atoms with Crippen LogP contribution in [0.3, 0.4) is 0 Å². The summed E-state index contributed by atoms with van der Waals surface area (Å²) in [5.74, 6) is 1.12. The van der Waals surface area contributed by atoms with Gasteiger partial charge in [0.1, 0.15) is 11.5 Å². The number of amides is 1. The number of nitrogens with zero attached hydrogens (tertiary/aromatic N) is 2. The van der Waals surface area contributed by atoms with Crippen LogP contribution < -0.4 is 14.8 Å². The van der Waals surface area contributed by atoms with Gasteiger partial charge < -0.3 is 13.9 Å². The van der Waals surface area contributed by atoms with Crippen LogP contribution in [0.5, 0.6) is 11.5 Å². The molecule has 2 aromatic carbocycles. The molecule has 0 fully saturated rings. The second-order valence-corrected chi connectivity index (χ2v) is 5.33. The van der Waals surface area contributed by atoms with Crippen molar-refractivity contribution in [3.05, 3.63) is 53.6 Å². The standard InChI is InChI=1S/C18H17N3O4/c1-11-4-6-12(7-5-11)16(22)19-18-21-20-17(25-18)13-8-14(23-2)10-15(9-13)24-3/h4-10H,1-3H3,(H,19,21,22). The number of nitrogens with one attached hydrogen (secondary N) is 1. The fourth-order valence-electron chi connectivity index (χ4n) is 2.20. The summed E-state index contributed by atoms with van der Waals surface area (Å²) >= 11 is 0. The summed E-state index contributed by atoms with van der Waals surface area (Å²) in [7, 11) is 3.11. The largest absolute Gasteiger partial charge is 0.497 e. The molecule has 0 saturated heterocycles. The van der Waals surface area contributed by atoms with Gasteiger partial charge in [0.2, 0.25) is 5.89 Å². The van der Waals surface area contributed by atoms with E-state index in [2.05, 4.69) is 15.5 Å². The second kappa shape index (κ2) is 7.04. The van der Waals surface area contributed by atoms with Gasteiger partial charge in [-0.1, -0.05) is 22.8 Å². The molecule has 0 atom stereocenters. The molecule has 1 heterocycles. The first-order chi connectivity index (χ1) is 12.1. The lowest BCUT2D eigenvalue weighted by atomic mass is 10.1. The molecule has 25 heavy (non-hydrogen) atoms. The maximum Gasteiger partial charge on any atom is 0.322 e. The minimum atomic E-state index is -0.321. The highest BCUT2D eigenvalue weighted by atomic mass is 16.5. The number of ether oxygens (including phenoxy) is 2. The van der Waals surface area contributed by atoms with E-state index < -0.39 is 0 Å². The molecule has 0 aliphatic carbocycles. The first-order valence-corrected chi connectivity index (χ1v) is 7.54. The molecule has 3 aromatic rings. The monoisotopic (exact) mass is 339 g/mol. The Morgan fingerprint density at radius 2 is 1.64 bits per heavy atom. The van der Waals surface area contributed by atoms with Gasteiger partial charge >= 0.3 is 6.01 Å². The number of anilines is 1. The Morgan fingerprint density at radius 3 is 2.24 bits per heavy atom. The van der Waals surface area contributed by atoms with Gasteiger partial charge in [-0.25, -0.2) is 0 Å². The Bertz CT molecular complexity index is 865. The topological polar surface area (TPSA) is 86.5 Å². The zero-order valence-corrected chi connectivity index (χ0v) is 14.1. The number of carbonyl (C=O) groups is 1. The van der Waals surface area contributed by atoms with Gasteiger partial charge in [-0.2, -0.15) is 0 Å². The first-order valence-electron chi connectivity index (χ1n) is 7.54. The number of aromatic nitrogens is 2. The third kappa shape index (κ3) is 3.77. The van der Waals surface area contributed by atoms with Crippen LogP contribution in [0.4, 0.5) is 6.01 Å². The fraction of sp³-hybridized carbons (Fsp3) is 0.167. The van der Waals surface area contributed by atoms with E-state index in [4.69, 9.17) is 13.9 Å². The third-order valence-corrected chi connectivity index (χ3v) is 3.56. The zero-order chi connectivity index (χ0) is 17.8. The zero-order valence-electron chi connectivity index (χ0n) is 14.1. The molecule has 1 N–H and O–H groups in total. The minimum absolute atomic E-state index is 0.0161. The Kier molecular flexibility index (Phi) is 4.65. The van der Waals surface area contributed by atoms with Crippen molar-refractivity contribution in [2.45, 2.75) is 6.92 Å². The summed E-state index contributed by atoms with van der Waals surface area (Å²) in [6.07, 6.45) is 0. The van der Waals surface area contributed by atoms with Crippen molar-refractivity contribution in [2.24, 2.45) is 0 Å². The van der Waals surface area contributed by atoms with Gasteiger partial charge in [-0.15, -0.1) is 5.10 Å². The van der Waals surface area contributed by atoms with Crippen LogP contribution in [-0.4, -0.2) is 30.3 Å². The molecular weight excluding hydrogens is 322 g/mol. The predicted molar refractivity (Wildman–Crippen MR) is 92.0 cm³/mol. The summed E-state index contributed by atoms with van der Waals surface area (Å²) in [6.45, 7) is 1.95. The minimum Gasteiger partial charge on any atom is -0.497 e. The fourth-order valence-corrected chi connectivity index (χ4v) is 2.20. The molecule has 1 aromatic heterocycles. The van der Waals surface area contributed by atoms with Crippen molar-refractivity contribution in [3.63, 3.8) is 0 Å². The Balaban J connectivity index is 1.80. The molecule has 7 nitrogen and oxygen atoms in total. The quantitative estimate of drug-likeness (QED) is 0.767. The SMILES string of the molecule is COc1cc(OC)cc(-c2nnc(NC(=O)c3ccc(C)cc3)o2)c1. The number of hydrogen-bond donors (Lipinski definition) is 1. The van der Waals surface area contributed by atoms with Gasteiger partial charge in [0.25, 0.3) is 5.91 Å². The number of aryl methyl sites for hydroxylation is 1. The molecule has 0 saturated carbocycles. The van der Waals surface area contributed by atoms with Crippen molar-refractivity contribution < 1.29 is 18.7 Å². The Morgan fingerprint density at radius 1 is 1.00 bits per heavy atom. The number of rotatable bonds is 5. The summed E-state index contributed by atoms with van der Waals surface area (Å²) in [5.41, 5.74) is 2.21. The van der Waals surface area contributed by atoms with E-state index in [1.807, 2.05) is 19.1 Å². The molecule has 0 spiro atoms. The van der Waals surface area contributed by atoms with Crippen molar-refractivity contribution in [1.29, 1.82) is 0 Å². The van der Waals surface area contributed by atoms with Gasteiger partial charge in [0.05, 0.1) is 14.2 Å². The molecule has 0 radical (unpaired) electrons. The van der Waals surface area contributed by atoms with Crippen LogP contribution in [0.25, 0.3) is 11.5 Å². The summed E-state index contributed by atoms with van der Waals surface area (Å²) in [6, 6.07) is 12.4. The number of methoxy groups -OCH3 is 2. The maximum atomic E-state index is 12.2. The van der Waals surface area contributed by atoms with E-state index in [1.54, 1.807) is 44.6 Å². The summed E-state index contributed by atoms with van der Waals surface area (Å²) < 4.78 is 16.0. The maximum absolute atomic E-state index is 12.2. The lowest BCUT2D eigenvalue weighted by molar-refractivity contribution is 0.102. The van der Waals surface area contributed by atoms with Crippen molar-refractivity contribution >= 4 is 11.9 Å². The number of benzene rings is 2. The average Bonchev–Trinajstić information content (AvgIpc) is 3.10. The van der Waals surface area contributed by atoms with Crippen LogP contribution in [0.15, 0.2) is 46.9 Å². The van der Waals surface area contributed by atoms with Gasteiger partial charge in [-0.05, 0) is 31.2 Å². The van der Waals surface area contributed by atoms with E-state index in [9.17, 15) is 4.79 Å². The van der Waals surface area contributed by atoms with E-state index in [0.29, 0.717) is 22.6 Å². The molecule has 0 aliphatic heterocycles. The highest BCUT2D eigenvalue weighted by Gasteiger charge is 2.14. The highest BCUT2D eigenvalue weighted by Crippen LogP contribution is 2.29. The molecule has 7 heteroatoms. The molecule has 128 valence electrons. The van der Waals surface area contributed by atoms with Gasteiger partial charge in [0, 0.05) is 17.2 Å².